The van der Waals surface area contributed by atoms with Gasteiger partial charge in [0.05, 0.1) is 20.1 Å². The predicted octanol–water partition coefficient (Wildman–Crippen LogP) is 1.94. The molecule has 0 radical (unpaired) electrons. The monoisotopic (exact) mass is 283 g/mol. The molecule has 0 fully saturated rings. The number of carbonyl (C=O) groups is 1. The van der Waals surface area contributed by atoms with Crippen LogP contribution < -0.4 is 5.48 Å². The number of carboxylic acid groups (broad SMARTS) is 1. The fourth-order valence-electron chi connectivity index (χ4n) is 1.49. The number of carboxylic acids is 1. The van der Waals surface area contributed by atoms with Crippen LogP contribution in [0.25, 0.3) is 10.2 Å². The number of aromatic nitrogens is 1. The molecule has 2 rings (SSSR count). The highest BCUT2D eigenvalue weighted by atomic mass is 32.1. The van der Waals surface area contributed by atoms with Gasteiger partial charge in [-0.2, -0.15) is 0 Å². The van der Waals surface area contributed by atoms with E-state index in [9.17, 15) is 14.9 Å². The maximum absolute atomic E-state index is 10.9. The molecule has 0 spiro atoms. The number of nitro benzene ring substituents is 1. The van der Waals surface area contributed by atoms with Crippen molar-refractivity contribution in [3.05, 3.63) is 27.3 Å². The molecule has 1 aromatic carbocycles. The van der Waals surface area contributed by atoms with Crippen LogP contribution >= 0.6 is 11.3 Å². The molecule has 2 aromatic rings. The zero-order valence-electron chi connectivity index (χ0n) is 9.74. The molecule has 0 unspecified atom stereocenters. The van der Waals surface area contributed by atoms with Crippen molar-refractivity contribution in [3.8, 4) is 0 Å². The predicted molar refractivity (Wildman–Crippen MR) is 68.2 cm³/mol. The summed E-state index contributed by atoms with van der Waals surface area (Å²) < 4.78 is 0.688. The molecule has 9 heteroatoms. The van der Waals surface area contributed by atoms with Crippen LogP contribution in [0.4, 0.5) is 11.4 Å². The Morgan fingerprint density at radius 3 is 3.00 bits per heavy atom. The minimum Gasteiger partial charge on any atom is -0.479 e. The Hall–Kier alpha value is -2.26. The van der Waals surface area contributed by atoms with Crippen LogP contribution in [0.2, 0.25) is 0 Å². The van der Waals surface area contributed by atoms with Crippen molar-refractivity contribution in [2.45, 2.75) is 6.92 Å². The van der Waals surface area contributed by atoms with Gasteiger partial charge in [-0.25, -0.2) is 9.78 Å². The van der Waals surface area contributed by atoms with Crippen LogP contribution in [0.15, 0.2) is 12.1 Å². The largest absolute Gasteiger partial charge is 0.479 e. The molecule has 2 N–H and O–H groups in total. The summed E-state index contributed by atoms with van der Waals surface area (Å²) in [5.41, 5.74) is 2.74. The van der Waals surface area contributed by atoms with Gasteiger partial charge in [-0.1, -0.05) is 0 Å². The Morgan fingerprint density at radius 1 is 1.63 bits per heavy atom. The third-order valence-electron chi connectivity index (χ3n) is 2.19. The highest BCUT2D eigenvalue weighted by Gasteiger charge is 2.17. The minimum atomic E-state index is -1.18. The van der Waals surface area contributed by atoms with Crippen LogP contribution in [-0.4, -0.2) is 27.6 Å². The SMILES string of the molecule is Cc1nc2cc(NOCC(=O)O)c([N+](=O)[O-])cc2s1. The molecule has 0 saturated carbocycles. The van der Waals surface area contributed by atoms with E-state index >= 15 is 0 Å². The number of aliphatic carboxylic acids is 1. The lowest BCUT2D eigenvalue weighted by Crippen LogP contribution is -2.12. The second-order valence-corrected chi connectivity index (χ2v) is 4.85. The summed E-state index contributed by atoms with van der Waals surface area (Å²) in [6.45, 7) is 1.19. The molecular weight excluding hydrogens is 274 g/mol. The lowest BCUT2D eigenvalue weighted by molar-refractivity contribution is -0.384. The van der Waals surface area contributed by atoms with E-state index in [1.807, 2.05) is 0 Å². The van der Waals surface area contributed by atoms with Crippen LogP contribution in [0, 0.1) is 17.0 Å². The van der Waals surface area contributed by atoms with Crippen molar-refractivity contribution in [2.75, 3.05) is 12.1 Å². The first-order valence-electron chi connectivity index (χ1n) is 5.12. The number of fused-ring (bicyclic) bond motifs is 1. The fourth-order valence-corrected chi connectivity index (χ4v) is 2.33. The van der Waals surface area contributed by atoms with Gasteiger partial charge in [-0.15, -0.1) is 11.3 Å². The van der Waals surface area contributed by atoms with Gasteiger partial charge in [0.25, 0.3) is 5.69 Å². The third-order valence-corrected chi connectivity index (χ3v) is 3.12. The summed E-state index contributed by atoms with van der Waals surface area (Å²) in [4.78, 5) is 29.5. The quantitative estimate of drug-likeness (QED) is 0.636. The third kappa shape index (κ3) is 2.95. The number of aryl methyl sites for hydroxylation is 1. The molecule has 100 valence electrons. The Bertz CT molecular complexity index is 654. The highest BCUT2D eigenvalue weighted by Crippen LogP contribution is 2.32. The van der Waals surface area contributed by atoms with E-state index in [0.29, 0.717) is 10.2 Å². The molecule has 0 saturated heterocycles. The number of benzene rings is 1. The molecule has 8 nitrogen and oxygen atoms in total. The van der Waals surface area contributed by atoms with Crippen molar-refractivity contribution in [3.63, 3.8) is 0 Å². The summed E-state index contributed by atoms with van der Waals surface area (Å²) in [7, 11) is 0. The van der Waals surface area contributed by atoms with Crippen LogP contribution in [0.5, 0.6) is 0 Å². The van der Waals surface area contributed by atoms with Gasteiger partial charge >= 0.3 is 5.97 Å². The Morgan fingerprint density at radius 2 is 2.37 bits per heavy atom. The molecule has 0 amide bonds. The van der Waals surface area contributed by atoms with Crippen LogP contribution in [-0.2, 0) is 9.63 Å². The maximum Gasteiger partial charge on any atom is 0.332 e. The normalized spacial score (nSPS) is 10.6. The Labute approximate surface area is 110 Å². The Kier molecular flexibility index (Phi) is 3.58. The second-order valence-electron chi connectivity index (χ2n) is 3.61. The van der Waals surface area contributed by atoms with Gasteiger partial charge in [0.2, 0.25) is 0 Å². The summed E-state index contributed by atoms with van der Waals surface area (Å²) in [5.74, 6) is -1.18. The first-order valence-corrected chi connectivity index (χ1v) is 5.94. The number of hydrogen-bond donors (Lipinski definition) is 2. The molecule has 1 heterocycles. The summed E-state index contributed by atoms with van der Waals surface area (Å²) >= 11 is 1.34. The van der Waals surface area contributed by atoms with Gasteiger partial charge in [-0.05, 0) is 13.0 Å². The number of nitrogens with zero attached hydrogens (tertiary/aromatic N) is 2. The van der Waals surface area contributed by atoms with Crippen molar-refractivity contribution < 1.29 is 19.7 Å². The second kappa shape index (κ2) is 5.16. The van der Waals surface area contributed by atoms with Gasteiger partial charge in [0.1, 0.15) is 5.69 Å². The van der Waals surface area contributed by atoms with Crippen LogP contribution in [0.3, 0.4) is 0 Å². The van der Waals surface area contributed by atoms with E-state index in [0.717, 1.165) is 5.01 Å². The molecular formula is C10H9N3O5S. The smallest absolute Gasteiger partial charge is 0.332 e. The topological polar surface area (TPSA) is 115 Å². The fraction of sp³-hybridized carbons (Fsp3) is 0.200. The van der Waals surface area contributed by atoms with E-state index in [4.69, 9.17) is 5.11 Å². The van der Waals surface area contributed by atoms with Gasteiger partial charge < -0.3 is 5.11 Å². The zero-order valence-corrected chi connectivity index (χ0v) is 10.6. The van der Waals surface area contributed by atoms with E-state index in [1.165, 1.54) is 23.5 Å². The number of hydrogen-bond acceptors (Lipinski definition) is 7. The molecule has 0 aliphatic heterocycles. The number of anilines is 1. The first-order chi connectivity index (χ1) is 8.97. The standard InChI is InChI=1S/C10H9N3O5S/c1-5-11-7-2-6(12-18-4-10(14)15)8(13(16)17)3-9(7)19-5/h2-3,12H,4H2,1H3,(H,14,15). The molecule has 1 aromatic heterocycles. The van der Waals surface area contributed by atoms with Crippen molar-refractivity contribution in [2.24, 2.45) is 0 Å². The summed E-state index contributed by atoms with van der Waals surface area (Å²) in [6, 6.07) is 2.84. The van der Waals surface area contributed by atoms with E-state index in [2.05, 4.69) is 15.3 Å². The highest BCUT2D eigenvalue weighted by molar-refractivity contribution is 7.18. The number of thiazole rings is 1. The van der Waals surface area contributed by atoms with Crippen molar-refractivity contribution >= 4 is 38.9 Å². The lowest BCUT2D eigenvalue weighted by atomic mass is 10.2. The van der Waals surface area contributed by atoms with E-state index in [-0.39, 0.29) is 11.4 Å². The zero-order chi connectivity index (χ0) is 14.0. The molecule has 0 aliphatic rings. The molecule has 0 atom stereocenters. The van der Waals surface area contributed by atoms with Gasteiger partial charge in [-0.3, -0.25) is 20.4 Å². The first kappa shape index (κ1) is 13.2. The molecule has 19 heavy (non-hydrogen) atoms. The lowest BCUT2D eigenvalue weighted by Gasteiger charge is -2.05. The average Bonchev–Trinajstić information content (AvgIpc) is 2.66. The average molecular weight is 283 g/mol. The van der Waals surface area contributed by atoms with Crippen molar-refractivity contribution in [1.29, 1.82) is 0 Å². The van der Waals surface area contributed by atoms with Crippen LogP contribution in [0.1, 0.15) is 5.01 Å². The molecule has 0 aliphatic carbocycles. The number of nitrogens with one attached hydrogen (secondary N) is 1. The van der Waals surface area contributed by atoms with Gasteiger partial charge in [0, 0.05) is 6.07 Å². The number of rotatable bonds is 5. The maximum atomic E-state index is 10.9. The van der Waals surface area contributed by atoms with E-state index < -0.39 is 17.5 Å². The number of nitro groups is 1. The van der Waals surface area contributed by atoms with Crippen molar-refractivity contribution in [1.82, 2.24) is 4.98 Å². The summed E-state index contributed by atoms with van der Waals surface area (Å²) in [6.07, 6.45) is 0. The van der Waals surface area contributed by atoms with E-state index in [1.54, 1.807) is 6.92 Å². The van der Waals surface area contributed by atoms with Gasteiger partial charge in [0.15, 0.2) is 6.61 Å². The summed E-state index contributed by atoms with van der Waals surface area (Å²) in [5, 5.41) is 20.2. The molecule has 0 bridgehead atoms. The minimum absolute atomic E-state index is 0.0732. The Balaban J connectivity index is 2.35.